The minimum atomic E-state index is -0.461. The summed E-state index contributed by atoms with van der Waals surface area (Å²) in [6, 6.07) is 11.5. The molecule has 0 unspecified atom stereocenters. The highest BCUT2D eigenvalue weighted by atomic mass is 35.5. The molecule has 7 heteroatoms. The van der Waals surface area contributed by atoms with Gasteiger partial charge in [0.05, 0.1) is 15.5 Å². The van der Waals surface area contributed by atoms with Gasteiger partial charge in [-0.1, -0.05) is 22.8 Å². The van der Waals surface area contributed by atoms with Gasteiger partial charge in [0, 0.05) is 17.7 Å². The fourth-order valence-electron chi connectivity index (χ4n) is 1.98. The Morgan fingerprint density at radius 1 is 1.18 bits per heavy atom. The van der Waals surface area contributed by atoms with Crippen LogP contribution in [-0.4, -0.2) is 15.1 Å². The van der Waals surface area contributed by atoms with E-state index in [-0.39, 0.29) is 5.69 Å². The average Bonchev–Trinajstić information content (AvgIpc) is 2.97. The third kappa shape index (κ3) is 2.68. The lowest BCUT2D eigenvalue weighted by atomic mass is 10.1. The molecule has 0 bridgehead atoms. The zero-order chi connectivity index (χ0) is 15.7. The van der Waals surface area contributed by atoms with E-state index in [0.29, 0.717) is 27.9 Å². The Balaban J connectivity index is 1.95. The Morgan fingerprint density at radius 2 is 1.91 bits per heavy atom. The van der Waals surface area contributed by atoms with Gasteiger partial charge in [0.15, 0.2) is 0 Å². The topological polar surface area (TPSA) is 82.1 Å². The number of nitro groups is 1. The lowest BCUT2D eigenvalue weighted by molar-refractivity contribution is -0.384. The Bertz CT molecular complexity index is 843. The molecule has 0 aliphatic carbocycles. The minimum absolute atomic E-state index is 0.00838. The first-order valence-corrected chi connectivity index (χ1v) is 6.77. The summed E-state index contributed by atoms with van der Waals surface area (Å²) in [5.74, 6) is 0.653. The molecular weight excluding hydrogens is 306 g/mol. The van der Waals surface area contributed by atoms with E-state index in [4.69, 9.17) is 16.1 Å². The average molecular weight is 316 g/mol. The van der Waals surface area contributed by atoms with Crippen LogP contribution < -0.4 is 0 Å². The summed E-state index contributed by atoms with van der Waals surface area (Å²) in [5, 5.41) is 15.1. The molecule has 0 aliphatic rings. The first kappa shape index (κ1) is 14.2. The molecule has 0 fully saturated rings. The van der Waals surface area contributed by atoms with Crippen LogP contribution in [0.25, 0.3) is 22.8 Å². The minimum Gasteiger partial charge on any atom is -0.334 e. The smallest absolute Gasteiger partial charge is 0.269 e. The number of rotatable bonds is 3. The molecule has 22 heavy (non-hydrogen) atoms. The number of nitrogens with zero attached hydrogens (tertiary/aromatic N) is 3. The lowest BCUT2D eigenvalue weighted by Crippen LogP contribution is -1.88. The molecular formula is C15H10ClN3O3. The molecule has 0 amide bonds. The number of hydrogen-bond donors (Lipinski definition) is 0. The van der Waals surface area contributed by atoms with Gasteiger partial charge < -0.3 is 4.52 Å². The molecule has 0 saturated heterocycles. The maximum absolute atomic E-state index is 10.6. The number of non-ortho nitro benzene ring substituents is 1. The van der Waals surface area contributed by atoms with Crippen LogP contribution >= 0.6 is 11.6 Å². The fraction of sp³-hybridized carbons (Fsp3) is 0.0667. The standard InChI is InChI=1S/C15H10ClN3O3/c1-9-2-7-12(13(16)8-9)15-17-14(18-22-15)10-3-5-11(6-4-10)19(20)21/h2-8H,1H3. The zero-order valence-electron chi connectivity index (χ0n) is 11.5. The molecule has 0 aliphatic heterocycles. The maximum Gasteiger partial charge on any atom is 0.269 e. The number of benzene rings is 2. The van der Waals surface area contributed by atoms with Crippen LogP contribution in [0.2, 0.25) is 5.02 Å². The van der Waals surface area contributed by atoms with Crippen molar-refractivity contribution >= 4 is 17.3 Å². The van der Waals surface area contributed by atoms with Crippen LogP contribution in [0.5, 0.6) is 0 Å². The van der Waals surface area contributed by atoms with Gasteiger partial charge >= 0.3 is 0 Å². The van der Waals surface area contributed by atoms with Gasteiger partial charge in [-0.3, -0.25) is 10.1 Å². The second-order valence-electron chi connectivity index (χ2n) is 4.71. The molecule has 0 saturated carbocycles. The SMILES string of the molecule is Cc1ccc(-c2nc(-c3ccc([N+](=O)[O-])cc3)no2)c(Cl)c1. The maximum atomic E-state index is 10.6. The number of halogens is 1. The van der Waals surface area contributed by atoms with Crippen molar-refractivity contribution in [1.82, 2.24) is 10.1 Å². The zero-order valence-corrected chi connectivity index (χ0v) is 12.2. The molecule has 3 aromatic rings. The van der Waals surface area contributed by atoms with Gasteiger partial charge in [-0.15, -0.1) is 0 Å². The van der Waals surface area contributed by atoms with Crippen LogP contribution in [0.3, 0.4) is 0 Å². The van der Waals surface area contributed by atoms with E-state index >= 15 is 0 Å². The van der Waals surface area contributed by atoms with E-state index in [9.17, 15) is 10.1 Å². The van der Waals surface area contributed by atoms with Crippen LogP contribution in [0.4, 0.5) is 5.69 Å². The van der Waals surface area contributed by atoms with Crippen molar-refractivity contribution in [3.63, 3.8) is 0 Å². The summed E-state index contributed by atoms with van der Waals surface area (Å²) in [6.07, 6.45) is 0. The third-order valence-electron chi connectivity index (χ3n) is 3.12. The van der Waals surface area contributed by atoms with Gasteiger partial charge in [-0.2, -0.15) is 4.98 Å². The molecule has 0 atom stereocenters. The quantitative estimate of drug-likeness (QED) is 0.532. The Kier molecular flexibility index (Phi) is 3.60. The van der Waals surface area contributed by atoms with Crippen molar-refractivity contribution in [2.45, 2.75) is 6.92 Å². The van der Waals surface area contributed by atoms with Crippen molar-refractivity contribution < 1.29 is 9.45 Å². The van der Waals surface area contributed by atoms with E-state index < -0.39 is 4.92 Å². The van der Waals surface area contributed by atoms with Crippen LogP contribution in [0.15, 0.2) is 47.0 Å². The van der Waals surface area contributed by atoms with Crippen molar-refractivity contribution in [3.05, 3.63) is 63.2 Å². The summed E-state index contributed by atoms with van der Waals surface area (Å²) >= 11 is 6.17. The highest BCUT2D eigenvalue weighted by molar-refractivity contribution is 6.33. The van der Waals surface area contributed by atoms with E-state index in [0.717, 1.165) is 5.56 Å². The van der Waals surface area contributed by atoms with Crippen molar-refractivity contribution in [2.24, 2.45) is 0 Å². The molecule has 0 spiro atoms. The van der Waals surface area contributed by atoms with Gasteiger partial charge in [0.1, 0.15) is 0 Å². The van der Waals surface area contributed by atoms with E-state index in [1.807, 2.05) is 25.1 Å². The summed E-state index contributed by atoms with van der Waals surface area (Å²) in [5.41, 5.74) is 2.31. The fourth-order valence-corrected chi connectivity index (χ4v) is 2.29. The normalized spacial score (nSPS) is 10.6. The van der Waals surface area contributed by atoms with Crippen LogP contribution in [-0.2, 0) is 0 Å². The first-order valence-electron chi connectivity index (χ1n) is 6.39. The highest BCUT2D eigenvalue weighted by Crippen LogP contribution is 2.29. The van der Waals surface area contributed by atoms with E-state index in [1.165, 1.54) is 12.1 Å². The molecule has 3 rings (SSSR count). The number of aromatic nitrogens is 2. The molecule has 1 heterocycles. The number of nitro benzene ring substituents is 1. The van der Waals surface area contributed by atoms with Gasteiger partial charge in [-0.25, -0.2) is 0 Å². The molecule has 0 radical (unpaired) electrons. The van der Waals surface area contributed by atoms with Crippen LogP contribution in [0, 0.1) is 17.0 Å². The summed E-state index contributed by atoms with van der Waals surface area (Å²) in [7, 11) is 0. The van der Waals surface area contributed by atoms with Gasteiger partial charge in [0.25, 0.3) is 11.6 Å². The molecule has 0 N–H and O–H groups in total. The van der Waals surface area contributed by atoms with E-state index in [1.54, 1.807) is 12.1 Å². The number of aryl methyl sites for hydroxylation is 1. The molecule has 110 valence electrons. The Morgan fingerprint density at radius 3 is 2.55 bits per heavy atom. The van der Waals surface area contributed by atoms with Gasteiger partial charge in [-0.05, 0) is 36.8 Å². The second kappa shape index (κ2) is 5.57. The first-order chi connectivity index (χ1) is 10.5. The Labute approximate surface area is 130 Å². The van der Waals surface area contributed by atoms with Crippen LogP contribution in [0.1, 0.15) is 5.56 Å². The van der Waals surface area contributed by atoms with Crippen molar-refractivity contribution in [3.8, 4) is 22.8 Å². The largest absolute Gasteiger partial charge is 0.334 e. The Hall–Kier alpha value is -2.73. The molecule has 6 nitrogen and oxygen atoms in total. The summed E-state index contributed by atoms with van der Waals surface area (Å²) < 4.78 is 5.22. The van der Waals surface area contributed by atoms with E-state index in [2.05, 4.69) is 10.1 Å². The summed E-state index contributed by atoms with van der Waals surface area (Å²) in [6.45, 7) is 1.94. The molecule has 1 aromatic heterocycles. The second-order valence-corrected chi connectivity index (χ2v) is 5.12. The lowest BCUT2D eigenvalue weighted by Gasteiger charge is -1.99. The van der Waals surface area contributed by atoms with Crippen molar-refractivity contribution in [2.75, 3.05) is 0 Å². The predicted octanol–water partition coefficient (Wildman–Crippen LogP) is 4.27. The van der Waals surface area contributed by atoms with Gasteiger partial charge in [0.2, 0.25) is 5.82 Å². The molecule has 2 aromatic carbocycles. The van der Waals surface area contributed by atoms with Crippen molar-refractivity contribution in [1.29, 1.82) is 0 Å². The monoisotopic (exact) mass is 315 g/mol. The predicted molar refractivity (Wildman–Crippen MR) is 81.6 cm³/mol. The third-order valence-corrected chi connectivity index (χ3v) is 3.43. The highest BCUT2D eigenvalue weighted by Gasteiger charge is 2.14. The summed E-state index contributed by atoms with van der Waals surface area (Å²) in [4.78, 5) is 14.5. The number of hydrogen-bond acceptors (Lipinski definition) is 5.